The Morgan fingerprint density at radius 2 is 1.94 bits per heavy atom. The molecule has 3 atom stereocenters. The highest BCUT2D eigenvalue weighted by atomic mass is 127. The van der Waals surface area contributed by atoms with Gasteiger partial charge in [-0.15, -0.1) is 0 Å². The van der Waals surface area contributed by atoms with Crippen molar-refractivity contribution in [3.05, 3.63) is 35.4 Å². The van der Waals surface area contributed by atoms with Crippen LogP contribution in [0.25, 0.3) is 0 Å². The Balaban J connectivity index is 2.03. The van der Waals surface area contributed by atoms with Gasteiger partial charge in [-0.2, -0.15) is 0 Å². The molecule has 1 aliphatic heterocycles. The zero-order chi connectivity index (χ0) is 11.0. The van der Waals surface area contributed by atoms with E-state index in [0.29, 0.717) is 9.97 Å². The molecule has 3 unspecified atom stereocenters. The van der Waals surface area contributed by atoms with E-state index in [1.165, 1.54) is 36.8 Å². The van der Waals surface area contributed by atoms with Gasteiger partial charge in [-0.05, 0) is 29.9 Å². The summed E-state index contributed by atoms with van der Waals surface area (Å²) in [4.78, 5) is 4.81. The molecule has 0 saturated heterocycles. The lowest BCUT2D eigenvalue weighted by atomic mass is 9.81. The van der Waals surface area contributed by atoms with Crippen LogP contribution in [0.3, 0.4) is 0 Å². The first-order valence-corrected chi connectivity index (χ1v) is 7.37. The number of halogens is 1. The Morgan fingerprint density at radius 3 is 2.88 bits per heavy atom. The van der Waals surface area contributed by atoms with Crippen LogP contribution in [0.2, 0.25) is 0 Å². The SMILES string of the molecule is IC1c2ccccc2C=NC2CCCCC21. The highest BCUT2D eigenvalue weighted by Gasteiger charge is 2.33. The normalized spacial score (nSPS) is 32.7. The van der Waals surface area contributed by atoms with Gasteiger partial charge in [0.1, 0.15) is 0 Å². The molecule has 2 heteroatoms. The van der Waals surface area contributed by atoms with Gasteiger partial charge in [-0.25, -0.2) is 0 Å². The molecule has 1 aromatic rings. The second-order valence-electron chi connectivity index (χ2n) is 4.82. The predicted molar refractivity (Wildman–Crippen MR) is 76.5 cm³/mol. The van der Waals surface area contributed by atoms with E-state index in [9.17, 15) is 0 Å². The quantitative estimate of drug-likeness (QED) is 0.502. The molecule has 0 N–H and O–H groups in total. The third kappa shape index (κ3) is 1.81. The summed E-state index contributed by atoms with van der Waals surface area (Å²) in [6.07, 6.45) is 7.49. The number of rotatable bonds is 0. The van der Waals surface area contributed by atoms with Crippen LogP contribution in [-0.2, 0) is 0 Å². The smallest absolute Gasteiger partial charge is 0.0541 e. The summed E-state index contributed by atoms with van der Waals surface area (Å²) in [5, 5.41) is 0. The summed E-state index contributed by atoms with van der Waals surface area (Å²) >= 11 is 2.63. The van der Waals surface area contributed by atoms with E-state index in [1.807, 2.05) is 0 Å². The van der Waals surface area contributed by atoms with Gasteiger partial charge in [-0.3, -0.25) is 4.99 Å². The summed E-state index contributed by atoms with van der Waals surface area (Å²) in [7, 11) is 0. The molecule has 1 nitrogen and oxygen atoms in total. The summed E-state index contributed by atoms with van der Waals surface area (Å²) in [5.41, 5.74) is 2.82. The summed E-state index contributed by atoms with van der Waals surface area (Å²) in [6, 6.07) is 9.31. The second-order valence-corrected chi connectivity index (χ2v) is 6.17. The van der Waals surface area contributed by atoms with Gasteiger partial charge in [-0.1, -0.05) is 59.7 Å². The molecule has 16 heavy (non-hydrogen) atoms. The molecule has 1 fully saturated rings. The largest absolute Gasteiger partial charge is 0.289 e. The third-order valence-corrected chi connectivity index (χ3v) is 5.45. The van der Waals surface area contributed by atoms with E-state index < -0.39 is 0 Å². The number of fused-ring (bicyclic) bond motifs is 2. The second kappa shape index (κ2) is 4.47. The minimum Gasteiger partial charge on any atom is -0.289 e. The molecule has 1 heterocycles. The van der Waals surface area contributed by atoms with Crippen LogP contribution < -0.4 is 0 Å². The Hall–Kier alpha value is -0.380. The molecule has 0 radical (unpaired) electrons. The predicted octanol–water partition coefficient (Wildman–Crippen LogP) is 4.15. The average molecular weight is 325 g/mol. The van der Waals surface area contributed by atoms with Crippen molar-refractivity contribution in [1.82, 2.24) is 0 Å². The monoisotopic (exact) mass is 325 g/mol. The van der Waals surface area contributed by atoms with Crippen LogP contribution in [0.15, 0.2) is 29.3 Å². The number of nitrogens with zero attached hydrogens (tertiary/aromatic N) is 1. The van der Waals surface area contributed by atoms with E-state index in [4.69, 9.17) is 4.99 Å². The van der Waals surface area contributed by atoms with Crippen LogP contribution in [0.5, 0.6) is 0 Å². The van der Waals surface area contributed by atoms with E-state index in [1.54, 1.807) is 0 Å². The van der Waals surface area contributed by atoms with Crippen molar-refractivity contribution in [1.29, 1.82) is 0 Å². The highest BCUT2D eigenvalue weighted by molar-refractivity contribution is 14.1. The van der Waals surface area contributed by atoms with Gasteiger partial charge in [0, 0.05) is 10.1 Å². The van der Waals surface area contributed by atoms with Crippen LogP contribution >= 0.6 is 22.6 Å². The van der Waals surface area contributed by atoms with E-state index in [-0.39, 0.29) is 0 Å². The standard InChI is InChI=1S/C14H16IN/c15-14-11-6-2-1-5-10(11)9-16-13-8-4-3-7-12(13)14/h1-2,5-6,9,12-14H,3-4,7-8H2. The molecule has 2 aliphatic rings. The molecule has 0 bridgehead atoms. The molecule has 1 aromatic carbocycles. The maximum absolute atomic E-state index is 4.81. The molecule has 1 saturated carbocycles. The van der Waals surface area contributed by atoms with Crippen molar-refractivity contribution in [2.75, 3.05) is 0 Å². The first-order chi connectivity index (χ1) is 7.86. The number of hydrogen-bond donors (Lipinski definition) is 0. The Bertz CT molecular complexity index is 413. The molecule has 0 amide bonds. The van der Waals surface area contributed by atoms with Gasteiger partial charge in [0.15, 0.2) is 0 Å². The van der Waals surface area contributed by atoms with E-state index >= 15 is 0 Å². The lowest BCUT2D eigenvalue weighted by Crippen LogP contribution is -2.25. The molecular weight excluding hydrogens is 309 g/mol. The van der Waals surface area contributed by atoms with Crippen molar-refractivity contribution in [3.63, 3.8) is 0 Å². The van der Waals surface area contributed by atoms with Crippen molar-refractivity contribution < 1.29 is 0 Å². The number of hydrogen-bond acceptors (Lipinski definition) is 1. The minimum absolute atomic E-state index is 0.572. The van der Waals surface area contributed by atoms with Crippen LogP contribution in [0.1, 0.15) is 40.7 Å². The maximum Gasteiger partial charge on any atom is 0.0541 e. The topological polar surface area (TPSA) is 12.4 Å². The first-order valence-electron chi connectivity index (χ1n) is 6.12. The summed E-state index contributed by atoms with van der Waals surface area (Å²) in [6.45, 7) is 0. The van der Waals surface area contributed by atoms with Gasteiger partial charge in [0.2, 0.25) is 0 Å². The zero-order valence-electron chi connectivity index (χ0n) is 9.27. The van der Waals surface area contributed by atoms with Crippen molar-refractivity contribution in [2.45, 2.75) is 35.6 Å². The van der Waals surface area contributed by atoms with Gasteiger partial charge in [0.25, 0.3) is 0 Å². The van der Waals surface area contributed by atoms with Crippen LogP contribution in [0.4, 0.5) is 0 Å². The first kappa shape index (κ1) is 10.8. The maximum atomic E-state index is 4.81. The van der Waals surface area contributed by atoms with Crippen molar-refractivity contribution in [2.24, 2.45) is 10.9 Å². The number of aliphatic imine (C=N–C) groups is 1. The van der Waals surface area contributed by atoms with Gasteiger partial charge in [0.05, 0.1) is 6.04 Å². The van der Waals surface area contributed by atoms with Crippen LogP contribution in [0, 0.1) is 5.92 Å². The van der Waals surface area contributed by atoms with Gasteiger partial charge >= 0.3 is 0 Å². The molecule has 84 valence electrons. The van der Waals surface area contributed by atoms with Gasteiger partial charge < -0.3 is 0 Å². The fourth-order valence-electron chi connectivity index (χ4n) is 2.95. The molecule has 0 aromatic heterocycles. The fraction of sp³-hybridized carbons (Fsp3) is 0.500. The average Bonchev–Trinajstić information content (AvgIpc) is 2.49. The lowest BCUT2D eigenvalue weighted by molar-refractivity contribution is 0.312. The fourth-order valence-corrected chi connectivity index (χ4v) is 4.36. The highest BCUT2D eigenvalue weighted by Crippen LogP contribution is 2.44. The lowest BCUT2D eigenvalue weighted by Gasteiger charge is -2.31. The van der Waals surface area contributed by atoms with Crippen molar-refractivity contribution in [3.8, 4) is 0 Å². The third-order valence-electron chi connectivity index (χ3n) is 3.86. The molecule has 0 spiro atoms. The minimum atomic E-state index is 0.572. The number of alkyl halides is 1. The molecule has 1 aliphatic carbocycles. The Morgan fingerprint density at radius 1 is 1.12 bits per heavy atom. The zero-order valence-corrected chi connectivity index (χ0v) is 11.4. The molecular formula is C14H16IN. The van der Waals surface area contributed by atoms with Crippen molar-refractivity contribution >= 4 is 28.8 Å². The molecule has 3 rings (SSSR count). The van der Waals surface area contributed by atoms with Crippen LogP contribution in [-0.4, -0.2) is 12.3 Å². The Labute approximate surface area is 110 Å². The van der Waals surface area contributed by atoms with E-state index in [0.717, 1.165) is 5.92 Å². The van der Waals surface area contributed by atoms with E-state index in [2.05, 4.69) is 53.1 Å². The Kier molecular flexibility index (Phi) is 3.01. The summed E-state index contributed by atoms with van der Waals surface area (Å²) < 4.78 is 0.640. The summed E-state index contributed by atoms with van der Waals surface area (Å²) in [5.74, 6) is 0.759. The number of benzene rings is 1.